The third kappa shape index (κ3) is 7.27. The largest absolute Gasteiger partial charge is 0.350 e. The number of nitrogens with zero attached hydrogens (tertiary/aromatic N) is 11. The molecule has 0 amide bonds. The van der Waals surface area contributed by atoms with Crippen LogP contribution in [0.15, 0.2) is 114 Å². The van der Waals surface area contributed by atoms with Gasteiger partial charge in [-0.1, -0.05) is 35.4 Å². The topological polar surface area (TPSA) is 212 Å². The molecule has 20 heteroatoms. The molecule has 324 valence electrons. The number of rotatable bonds is 8. The van der Waals surface area contributed by atoms with Gasteiger partial charge in [0, 0.05) is 54.3 Å². The predicted molar refractivity (Wildman–Crippen MR) is 237 cm³/mol. The van der Waals surface area contributed by atoms with E-state index < -0.39 is 20.0 Å². The third-order valence-electron chi connectivity index (χ3n) is 12.2. The Bertz CT molecular complexity index is 3390. The number of hydrogen-bond acceptors (Lipinski definition) is 12. The van der Waals surface area contributed by atoms with E-state index in [0.29, 0.717) is 39.2 Å². The summed E-state index contributed by atoms with van der Waals surface area (Å²) in [6, 6.07) is 19.3. The molecule has 2 N–H and O–H groups in total. The van der Waals surface area contributed by atoms with Crippen molar-refractivity contribution >= 4 is 72.4 Å². The second kappa shape index (κ2) is 16.1. The Morgan fingerprint density at radius 1 is 0.619 bits per heavy atom. The van der Waals surface area contributed by atoms with Crippen molar-refractivity contribution in [2.45, 2.75) is 86.1 Å². The zero-order chi connectivity index (χ0) is 42.9. The second-order valence-electron chi connectivity index (χ2n) is 16.2. The van der Waals surface area contributed by atoms with E-state index >= 15 is 0 Å². The fourth-order valence-corrected chi connectivity index (χ4v) is 11.5. The van der Waals surface area contributed by atoms with Crippen molar-refractivity contribution in [1.82, 2.24) is 51.7 Å². The van der Waals surface area contributed by atoms with Gasteiger partial charge in [-0.2, -0.15) is 0 Å². The summed E-state index contributed by atoms with van der Waals surface area (Å²) in [5.74, 6) is 2.00. The van der Waals surface area contributed by atoms with Crippen LogP contribution in [0.5, 0.6) is 0 Å². The Morgan fingerprint density at radius 3 is 1.57 bits per heavy atom. The van der Waals surface area contributed by atoms with Crippen molar-refractivity contribution < 1.29 is 21.6 Å². The summed E-state index contributed by atoms with van der Waals surface area (Å²) >= 11 is 0. The lowest BCUT2D eigenvalue weighted by molar-refractivity contribution is 0.112. The zero-order valence-electron chi connectivity index (χ0n) is 34.2. The van der Waals surface area contributed by atoms with E-state index in [0.717, 1.165) is 67.6 Å². The van der Waals surface area contributed by atoms with Crippen molar-refractivity contribution in [2.24, 2.45) is 5.73 Å². The molecule has 63 heavy (non-hydrogen) atoms. The van der Waals surface area contributed by atoms with E-state index in [1.165, 1.54) is 20.3 Å². The molecule has 0 saturated heterocycles. The smallest absolute Gasteiger partial charge is 0.269 e. The Morgan fingerprint density at radius 2 is 1.11 bits per heavy atom. The first-order chi connectivity index (χ1) is 29.9. The minimum absolute atomic E-state index is 0. The lowest BCUT2D eigenvalue weighted by Crippen LogP contribution is -2.15. The molecule has 2 aliphatic carbocycles. The van der Waals surface area contributed by atoms with Crippen molar-refractivity contribution in [3.8, 4) is 0 Å². The second-order valence-corrected chi connectivity index (χ2v) is 19.9. The summed E-state index contributed by atoms with van der Waals surface area (Å²) in [5.41, 5.74) is 11.9. The molecule has 9 aromatic rings. The maximum atomic E-state index is 13.3. The highest BCUT2D eigenvalue weighted by atomic mass is 35.5. The monoisotopic (exact) mass is 906 g/mol. The molecule has 7 aromatic heterocycles. The fraction of sp³-hybridized carbons (Fsp3) is 0.279. The molecule has 17 nitrogen and oxygen atoms in total. The van der Waals surface area contributed by atoms with Gasteiger partial charge in [0.05, 0.1) is 33.2 Å². The number of fused-ring (bicyclic) bond motifs is 6. The van der Waals surface area contributed by atoms with E-state index in [1.807, 2.05) is 41.1 Å². The third-order valence-corrected chi connectivity index (χ3v) is 15.5. The van der Waals surface area contributed by atoms with E-state index in [9.17, 15) is 21.6 Å². The minimum Gasteiger partial charge on any atom is -0.350 e. The molecule has 4 atom stereocenters. The van der Waals surface area contributed by atoms with Crippen molar-refractivity contribution in [3.63, 3.8) is 0 Å². The summed E-state index contributed by atoms with van der Waals surface area (Å²) in [6.45, 7) is 3.83. The molecule has 2 fully saturated rings. The van der Waals surface area contributed by atoms with Crippen LogP contribution in [-0.2, 0) is 20.0 Å². The first-order valence-electron chi connectivity index (χ1n) is 20.4. The molecule has 2 aliphatic rings. The highest BCUT2D eigenvalue weighted by Crippen LogP contribution is 2.41. The number of carbonyl (C=O) groups is 1. The number of carbonyl (C=O) groups excluding carboxylic acids is 1. The van der Waals surface area contributed by atoms with Crippen LogP contribution >= 0.6 is 12.4 Å². The van der Waals surface area contributed by atoms with Gasteiger partial charge >= 0.3 is 0 Å². The van der Waals surface area contributed by atoms with Crippen molar-refractivity contribution in [2.75, 3.05) is 0 Å². The SMILES string of the molecule is Cc1ccc(S(=O)(=O)n2ccc3c2ncc2nnc([C@@H]4CC[C@H](N)C4)n23)cc1.Cc1ccc(S(=O)(=O)n2ccc3c2ncc2nnc([C@@H]4CC[C@H](n5ccc(C=O)c5)C4)n23)cc1.Cl. The lowest BCUT2D eigenvalue weighted by Gasteiger charge is -2.13. The van der Waals surface area contributed by atoms with E-state index in [-0.39, 0.29) is 46.1 Å². The zero-order valence-corrected chi connectivity index (χ0v) is 36.7. The number of aldehydes is 1. The van der Waals surface area contributed by atoms with Gasteiger partial charge in [-0.25, -0.2) is 34.7 Å². The molecular weight excluding hydrogens is 864 g/mol. The number of benzene rings is 2. The van der Waals surface area contributed by atoms with Gasteiger partial charge in [0.15, 0.2) is 28.9 Å². The van der Waals surface area contributed by atoms with Crippen LogP contribution < -0.4 is 5.73 Å². The minimum atomic E-state index is -3.80. The summed E-state index contributed by atoms with van der Waals surface area (Å²) < 4.78 is 61.3. The highest BCUT2D eigenvalue weighted by molar-refractivity contribution is 7.90. The molecule has 11 rings (SSSR count). The average molecular weight is 907 g/mol. The van der Waals surface area contributed by atoms with Crippen LogP contribution in [0.2, 0.25) is 0 Å². The summed E-state index contributed by atoms with van der Waals surface area (Å²) in [4.78, 5) is 20.3. The number of hydrogen-bond donors (Lipinski definition) is 1. The molecule has 2 aromatic carbocycles. The van der Waals surface area contributed by atoms with Gasteiger partial charge in [0.1, 0.15) is 11.6 Å². The first kappa shape index (κ1) is 42.0. The van der Waals surface area contributed by atoms with Crippen LogP contribution in [0.1, 0.15) is 89.5 Å². The van der Waals surface area contributed by atoms with Gasteiger partial charge in [-0.15, -0.1) is 32.8 Å². The number of nitrogens with two attached hydrogens (primary N) is 1. The number of halogens is 1. The van der Waals surface area contributed by atoms with Crippen LogP contribution in [0.4, 0.5) is 0 Å². The molecule has 7 heterocycles. The van der Waals surface area contributed by atoms with E-state index in [4.69, 9.17) is 5.73 Å². The maximum Gasteiger partial charge on any atom is 0.269 e. The summed E-state index contributed by atoms with van der Waals surface area (Å²) in [5, 5.41) is 17.4. The quantitative estimate of drug-likeness (QED) is 0.164. The lowest BCUT2D eigenvalue weighted by atomic mass is 10.1. The molecular formula is C43H43ClN12O5S2. The summed E-state index contributed by atoms with van der Waals surface area (Å²) in [7, 11) is -7.55. The Kier molecular flexibility index (Phi) is 10.8. The van der Waals surface area contributed by atoms with Gasteiger partial charge < -0.3 is 10.3 Å². The molecule has 0 radical (unpaired) electrons. The van der Waals surface area contributed by atoms with Crippen LogP contribution in [0.25, 0.3) is 33.6 Å². The highest BCUT2D eigenvalue weighted by Gasteiger charge is 2.32. The molecule has 0 bridgehead atoms. The molecule has 0 aliphatic heterocycles. The standard InChI is InChI=1S/C24H22N6O3S.C19H20N6O2S.ClH/c1-16-2-6-20(7-3-16)34(32,33)29-11-9-21-24(29)25-13-22-26-27-23(30(21)22)18-4-5-19(12-18)28-10-8-17(14-28)15-31;1-12-2-6-15(7-3-12)28(26,27)24-9-8-16-19(24)21-11-17-22-23-18(25(16)17)13-4-5-14(20)10-13;/h2-3,6-11,13-15,18-19H,4-5,12H2,1H3;2-3,6-9,11,13-14H,4-5,10,20H2,1H3;1H/t18-,19+;13-,14+;/m11./s1. The van der Waals surface area contributed by atoms with E-state index in [2.05, 4.69) is 34.9 Å². The van der Waals surface area contributed by atoms with Crippen LogP contribution in [0, 0.1) is 13.8 Å². The van der Waals surface area contributed by atoms with E-state index in [1.54, 1.807) is 73.1 Å². The summed E-state index contributed by atoms with van der Waals surface area (Å²) in [6.07, 6.45) is 16.4. The Balaban J connectivity index is 0.000000160. The van der Waals surface area contributed by atoms with Gasteiger partial charge in [-0.05, 0) is 94.8 Å². The number of aromatic nitrogens is 11. The first-order valence-corrected chi connectivity index (χ1v) is 23.2. The average Bonchev–Trinajstić information content (AvgIpc) is 4.12. The van der Waals surface area contributed by atoms with Crippen molar-refractivity contribution in [1.29, 1.82) is 0 Å². The number of aryl methyl sites for hydroxylation is 2. The van der Waals surface area contributed by atoms with Gasteiger partial charge in [-0.3, -0.25) is 13.6 Å². The van der Waals surface area contributed by atoms with Crippen molar-refractivity contribution in [3.05, 3.63) is 132 Å². The molecule has 0 unspecified atom stereocenters. The maximum absolute atomic E-state index is 13.3. The molecule has 0 spiro atoms. The van der Waals surface area contributed by atoms with Crippen LogP contribution in [0.3, 0.4) is 0 Å². The molecule has 2 saturated carbocycles. The Hall–Kier alpha value is -6.28. The van der Waals surface area contributed by atoms with Gasteiger partial charge in [0.2, 0.25) is 0 Å². The van der Waals surface area contributed by atoms with Crippen LogP contribution in [-0.4, -0.2) is 80.8 Å². The normalized spacial score (nSPS) is 19.2. The predicted octanol–water partition coefficient (Wildman–Crippen LogP) is 6.39. The Labute approximate surface area is 368 Å². The fourth-order valence-electron chi connectivity index (χ4n) is 8.91. The van der Waals surface area contributed by atoms with Gasteiger partial charge in [0.25, 0.3) is 20.0 Å².